The number of hydrogen-bond acceptors (Lipinski definition) is 4. The van der Waals surface area contributed by atoms with Crippen molar-refractivity contribution in [2.45, 2.75) is 0 Å². The van der Waals surface area contributed by atoms with Gasteiger partial charge in [0.2, 0.25) is 5.88 Å². The molecular weight excluding hydrogens is 230 g/mol. The predicted molar refractivity (Wildman–Crippen MR) is 59.2 cm³/mol. The van der Waals surface area contributed by atoms with Crippen LogP contribution in [-0.4, -0.2) is 22.5 Å². The summed E-state index contributed by atoms with van der Waals surface area (Å²) in [6.45, 7) is -0.197. The van der Waals surface area contributed by atoms with E-state index in [0.29, 0.717) is 16.5 Å². The van der Waals surface area contributed by atoms with Gasteiger partial charge < -0.3 is 10.5 Å². The van der Waals surface area contributed by atoms with Crippen molar-refractivity contribution in [3.63, 3.8) is 0 Å². The third-order valence-corrected chi connectivity index (χ3v) is 2.21. The first-order chi connectivity index (χ1) is 7.66. The molecule has 0 bridgehead atoms. The van der Waals surface area contributed by atoms with Crippen LogP contribution >= 0.6 is 11.6 Å². The van der Waals surface area contributed by atoms with Crippen molar-refractivity contribution in [2.75, 3.05) is 6.61 Å². The predicted octanol–water partition coefficient (Wildman–Crippen LogP) is 1.15. The lowest BCUT2D eigenvalue weighted by molar-refractivity contribution is -0.120. The summed E-state index contributed by atoms with van der Waals surface area (Å²) in [6, 6.07) is 5.05. The molecule has 6 heteroatoms. The lowest BCUT2D eigenvalue weighted by Gasteiger charge is -2.04. The van der Waals surface area contributed by atoms with Crippen molar-refractivity contribution >= 4 is 28.4 Å². The molecule has 0 aromatic carbocycles. The number of pyridine rings is 2. The van der Waals surface area contributed by atoms with Gasteiger partial charge in [0.1, 0.15) is 5.15 Å². The van der Waals surface area contributed by atoms with Crippen molar-refractivity contribution in [1.29, 1.82) is 0 Å². The van der Waals surface area contributed by atoms with E-state index >= 15 is 0 Å². The van der Waals surface area contributed by atoms with Crippen LogP contribution in [0, 0.1) is 0 Å². The molecule has 2 aromatic heterocycles. The Morgan fingerprint density at radius 3 is 3.00 bits per heavy atom. The highest BCUT2D eigenvalue weighted by Crippen LogP contribution is 2.21. The van der Waals surface area contributed by atoms with Crippen molar-refractivity contribution in [3.05, 3.63) is 29.5 Å². The summed E-state index contributed by atoms with van der Waals surface area (Å²) >= 11 is 5.87. The molecule has 0 fully saturated rings. The second-order valence-corrected chi connectivity index (χ2v) is 3.43. The fraction of sp³-hybridized carbons (Fsp3) is 0.100. The fourth-order valence-electron chi connectivity index (χ4n) is 1.23. The summed E-state index contributed by atoms with van der Waals surface area (Å²) in [6.07, 6.45) is 1.55. The summed E-state index contributed by atoms with van der Waals surface area (Å²) in [5.41, 5.74) is 5.61. The summed E-state index contributed by atoms with van der Waals surface area (Å²) < 4.78 is 5.07. The van der Waals surface area contributed by atoms with E-state index in [4.69, 9.17) is 22.1 Å². The van der Waals surface area contributed by atoms with Crippen molar-refractivity contribution in [1.82, 2.24) is 9.97 Å². The highest BCUT2D eigenvalue weighted by atomic mass is 35.5. The minimum Gasteiger partial charge on any atom is -0.468 e. The molecule has 82 valence electrons. The average molecular weight is 238 g/mol. The quantitative estimate of drug-likeness (QED) is 0.813. The maximum atomic E-state index is 10.5. The molecule has 0 atom stereocenters. The summed E-state index contributed by atoms with van der Waals surface area (Å²) in [5, 5.41) is 1.11. The normalized spacial score (nSPS) is 10.3. The number of hydrogen-bond donors (Lipinski definition) is 1. The first-order valence-corrected chi connectivity index (χ1v) is 4.87. The molecule has 5 nitrogen and oxygen atoms in total. The van der Waals surface area contributed by atoms with E-state index in [2.05, 4.69) is 9.97 Å². The number of primary amides is 1. The Bertz CT molecular complexity index is 545. The van der Waals surface area contributed by atoms with Crippen LogP contribution in [0.3, 0.4) is 0 Å². The smallest absolute Gasteiger partial charge is 0.255 e. The molecule has 2 rings (SSSR count). The van der Waals surface area contributed by atoms with Gasteiger partial charge in [0.15, 0.2) is 6.61 Å². The van der Waals surface area contributed by atoms with E-state index < -0.39 is 5.91 Å². The van der Waals surface area contributed by atoms with Gasteiger partial charge in [-0.1, -0.05) is 11.6 Å². The molecule has 0 aliphatic carbocycles. The number of nitrogens with two attached hydrogens (primary N) is 1. The molecule has 2 heterocycles. The summed E-state index contributed by atoms with van der Waals surface area (Å²) in [7, 11) is 0. The Labute approximate surface area is 96.2 Å². The highest BCUT2D eigenvalue weighted by Gasteiger charge is 2.04. The molecule has 16 heavy (non-hydrogen) atoms. The first kappa shape index (κ1) is 10.6. The Morgan fingerprint density at radius 1 is 1.44 bits per heavy atom. The van der Waals surface area contributed by atoms with E-state index in [9.17, 15) is 4.79 Å². The maximum absolute atomic E-state index is 10.5. The molecule has 0 saturated heterocycles. The van der Waals surface area contributed by atoms with Crippen LogP contribution in [0.1, 0.15) is 0 Å². The Kier molecular flexibility index (Phi) is 2.87. The third-order valence-electron chi connectivity index (χ3n) is 1.90. The third kappa shape index (κ3) is 2.20. The Morgan fingerprint density at radius 2 is 2.25 bits per heavy atom. The molecule has 0 aliphatic heterocycles. The maximum Gasteiger partial charge on any atom is 0.255 e. The molecule has 0 unspecified atom stereocenters. The SMILES string of the molecule is NC(=O)COc1ccc2c(Cl)nccc2n1. The van der Waals surface area contributed by atoms with Crippen molar-refractivity contribution in [2.24, 2.45) is 5.73 Å². The average Bonchev–Trinajstić information content (AvgIpc) is 2.26. The number of amides is 1. The van der Waals surface area contributed by atoms with Gasteiger partial charge in [0.25, 0.3) is 5.91 Å². The van der Waals surface area contributed by atoms with Gasteiger partial charge in [-0.3, -0.25) is 4.79 Å². The van der Waals surface area contributed by atoms with Gasteiger partial charge in [-0.15, -0.1) is 0 Å². The zero-order valence-corrected chi connectivity index (χ0v) is 8.94. The number of fused-ring (bicyclic) bond motifs is 1. The minimum absolute atomic E-state index is 0.197. The molecule has 2 aromatic rings. The summed E-state index contributed by atoms with van der Waals surface area (Å²) in [4.78, 5) is 18.6. The van der Waals surface area contributed by atoms with Crippen molar-refractivity contribution in [3.8, 4) is 5.88 Å². The van der Waals surface area contributed by atoms with Gasteiger partial charge in [-0.05, 0) is 12.1 Å². The minimum atomic E-state index is -0.547. The van der Waals surface area contributed by atoms with Crippen LogP contribution in [0.4, 0.5) is 0 Å². The van der Waals surface area contributed by atoms with Crippen molar-refractivity contribution < 1.29 is 9.53 Å². The summed E-state index contributed by atoms with van der Waals surface area (Å²) in [5.74, 6) is -0.219. The van der Waals surface area contributed by atoms with Crippen LogP contribution < -0.4 is 10.5 Å². The number of aromatic nitrogens is 2. The first-order valence-electron chi connectivity index (χ1n) is 4.49. The van der Waals surface area contributed by atoms with Crippen LogP contribution in [0.5, 0.6) is 5.88 Å². The lowest BCUT2D eigenvalue weighted by Crippen LogP contribution is -2.20. The van der Waals surface area contributed by atoms with E-state index in [1.807, 2.05) is 0 Å². The van der Waals surface area contributed by atoms with Gasteiger partial charge in [-0.25, -0.2) is 9.97 Å². The number of halogens is 1. The van der Waals surface area contributed by atoms with Crippen LogP contribution in [-0.2, 0) is 4.79 Å². The molecule has 1 amide bonds. The standard InChI is InChI=1S/C10H8ClN3O2/c11-10-6-1-2-9(16-5-8(12)15)14-7(6)3-4-13-10/h1-4H,5H2,(H2,12,15). The largest absolute Gasteiger partial charge is 0.468 e. The second kappa shape index (κ2) is 4.32. The molecule has 0 radical (unpaired) electrons. The molecule has 0 aliphatic rings. The zero-order chi connectivity index (χ0) is 11.5. The number of nitrogens with zero attached hydrogens (tertiary/aromatic N) is 2. The number of carbonyl (C=O) groups is 1. The fourth-order valence-corrected chi connectivity index (χ4v) is 1.44. The lowest BCUT2D eigenvalue weighted by atomic mass is 10.3. The Hall–Kier alpha value is -1.88. The Balaban J connectivity index is 2.33. The van der Waals surface area contributed by atoms with E-state index in [-0.39, 0.29) is 6.61 Å². The van der Waals surface area contributed by atoms with Crippen LogP contribution in [0.25, 0.3) is 10.9 Å². The molecule has 2 N–H and O–H groups in total. The van der Waals surface area contributed by atoms with E-state index in [0.717, 1.165) is 5.39 Å². The zero-order valence-electron chi connectivity index (χ0n) is 8.18. The van der Waals surface area contributed by atoms with E-state index in [1.165, 1.54) is 0 Å². The van der Waals surface area contributed by atoms with Crippen LogP contribution in [0.15, 0.2) is 24.4 Å². The monoisotopic (exact) mass is 237 g/mol. The molecule has 0 spiro atoms. The topological polar surface area (TPSA) is 78.1 Å². The van der Waals surface area contributed by atoms with Gasteiger partial charge >= 0.3 is 0 Å². The molecule has 0 saturated carbocycles. The number of carbonyl (C=O) groups excluding carboxylic acids is 1. The van der Waals surface area contributed by atoms with E-state index in [1.54, 1.807) is 24.4 Å². The van der Waals surface area contributed by atoms with Crippen LogP contribution in [0.2, 0.25) is 5.15 Å². The number of rotatable bonds is 3. The second-order valence-electron chi connectivity index (χ2n) is 3.07. The van der Waals surface area contributed by atoms with Gasteiger partial charge in [0, 0.05) is 17.6 Å². The van der Waals surface area contributed by atoms with Gasteiger partial charge in [0.05, 0.1) is 5.52 Å². The molecular formula is C10H8ClN3O2. The number of ether oxygens (including phenoxy) is 1. The highest BCUT2D eigenvalue weighted by molar-refractivity contribution is 6.34. The van der Waals surface area contributed by atoms with Gasteiger partial charge in [-0.2, -0.15) is 0 Å².